The Labute approximate surface area is 196 Å². The molecule has 0 spiro atoms. The topological polar surface area (TPSA) is 69.2 Å². The summed E-state index contributed by atoms with van der Waals surface area (Å²) in [6.07, 6.45) is 0.427. The number of ether oxygens (including phenoxy) is 1. The van der Waals surface area contributed by atoms with Crippen LogP contribution >= 0.6 is 24.0 Å². The van der Waals surface area contributed by atoms with Gasteiger partial charge in [0.15, 0.2) is 5.96 Å². The maximum Gasteiger partial charge on any atom is 0.407 e. The molecule has 0 aliphatic carbocycles. The van der Waals surface area contributed by atoms with Crippen LogP contribution in [0.25, 0.3) is 0 Å². The second-order valence-electron chi connectivity index (χ2n) is 8.64. The van der Waals surface area contributed by atoms with E-state index >= 15 is 0 Å². The molecule has 1 aromatic carbocycles. The molecule has 2 rings (SSSR count). The zero-order chi connectivity index (χ0) is 21.6. The lowest BCUT2D eigenvalue weighted by atomic mass is 10.1. The number of likely N-dealkylation sites (tertiary alicyclic amines) is 1. The summed E-state index contributed by atoms with van der Waals surface area (Å²) in [5.41, 5.74) is 1.15. The zero-order valence-electron chi connectivity index (χ0n) is 18.8. The number of aliphatic imine (C=N–C) groups is 1. The molecule has 9 heteroatoms. The first-order chi connectivity index (χ1) is 13.6. The number of carbonyl (C=O) groups is 1. The summed E-state index contributed by atoms with van der Waals surface area (Å²) in [7, 11) is 5.57. The van der Waals surface area contributed by atoms with Gasteiger partial charge in [0.2, 0.25) is 0 Å². The molecule has 1 amide bonds. The quantitative estimate of drug-likeness (QED) is 0.345. The number of benzene rings is 1. The van der Waals surface area contributed by atoms with Crippen LogP contribution in [-0.2, 0) is 17.8 Å². The molecule has 1 aliphatic heterocycles. The van der Waals surface area contributed by atoms with Gasteiger partial charge in [-0.25, -0.2) is 9.18 Å². The molecular formula is C21H35FIN5O2. The van der Waals surface area contributed by atoms with Gasteiger partial charge in [-0.05, 0) is 59.0 Å². The summed E-state index contributed by atoms with van der Waals surface area (Å²) < 4.78 is 19.3. The summed E-state index contributed by atoms with van der Waals surface area (Å²) in [4.78, 5) is 20.4. The van der Waals surface area contributed by atoms with Crippen LogP contribution in [0.3, 0.4) is 0 Å². The highest BCUT2D eigenvalue weighted by atomic mass is 127. The third-order valence-corrected chi connectivity index (χ3v) is 4.47. The summed E-state index contributed by atoms with van der Waals surface area (Å²) >= 11 is 0. The van der Waals surface area contributed by atoms with Crippen molar-refractivity contribution in [3.8, 4) is 0 Å². The summed E-state index contributed by atoms with van der Waals surface area (Å²) in [5.74, 6) is 0.569. The number of alkyl carbamates (subject to hydrolysis) is 1. The van der Waals surface area contributed by atoms with Crippen LogP contribution in [-0.4, -0.2) is 67.7 Å². The van der Waals surface area contributed by atoms with Crippen LogP contribution in [0.4, 0.5) is 9.18 Å². The molecule has 1 atom stereocenters. The van der Waals surface area contributed by atoms with Crippen molar-refractivity contribution in [2.45, 2.75) is 51.9 Å². The van der Waals surface area contributed by atoms with E-state index in [9.17, 15) is 9.18 Å². The van der Waals surface area contributed by atoms with E-state index in [4.69, 9.17) is 4.74 Å². The molecule has 0 bridgehead atoms. The van der Waals surface area contributed by atoms with Gasteiger partial charge in [-0.2, -0.15) is 0 Å². The first-order valence-corrected chi connectivity index (χ1v) is 9.94. The number of halogens is 2. The van der Waals surface area contributed by atoms with Crippen molar-refractivity contribution >= 4 is 36.0 Å². The number of guanidine groups is 1. The van der Waals surface area contributed by atoms with Gasteiger partial charge in [0.1, 0.15) is 11.4 Å². The van der Waals surface area contributed by atoms with Crippen LogP contribution in [0.2, 0.25) is 0 Å². The maximum atomic E-state index is 14.0. The van der Waals surface area contributed by atoms with Gasteiger partial charge < -0.3 is 25.2 Å². The van der Waals surface area contributed by atoms with Crippen LogP contribution in [0, 0.1) is 5.82 Å². The van der Waals surface area contributed by atoms with Crippen molar-refractivity contribution in [2.24, 2.45) is 4.99 Å². The Bertz CT molecular complexity index is 737. The lowest BCUT2D eigenvalue weighted by Crippen LogP contribution is -2.44. The van der Waals surface area contributed by atoms with Crippen LogP contribution in [0.15, 0.2) is 23.2 Å². The Morgan fingerprint density at radius 2 is 2.07 bits per heavy atom. The fourth-order valence-corrected chi connectivity index (χ4v) is 3.26. The molecule has 0 aromatic heterocycles. The molecule has 1 aliphatic rings. The molecule has 1 aromatic rings. The number of hydrogen-bond acceptors (Lipinski definition) is 4. The van der Waals surface area contributed by atoms with Gasteiger partial charge in [0.25, 0.3) is 0 Å². The van der Waals surface area contributed by atoms with Crippen molar-refractivity contribution in [3.05, 3.63) is 35.1 Å². The minimum absolute atomic E-state index is 0. The highest BCUT2D eigenvalue weighted by Crippen LogP contribution is 2.14. The zero-order valence-corrected chi connectivity index (χ0v) is 21.1. The predicted octanol–water partition coefficient (Wildman–Crippen LogP) is 3.18. The Hall–Kier alpha value is -1.62. The van der Waals surface area contributed by atoms with Crippen molar-refractivity contribution in [2.75, 3.05) is 34.2 Å². The number of hydrogen-bond donors (Lipinski definition) is 2. The van der Waals surface area contributed by atoms with E-state index in [0.717, 1.165) is 24.5 Å². The summed E-state index contributed by atoms with van der Waals surface area (Å²) in [5, 5.41) is 6.25. The Kier molecular flexibility index (Phi) is 10.3. The van der Waals surface area contributed by atoms with Crippen molar-refractivity contribution in [1.29, 1.82) is 0 Å². The average molecular weight is 535 g/mol. The lowest BCUT2D eigenvalue weighted by molar-refractivity contribution is 0.0507. The maximum absolute atomic E-state index is 14.0. The molecule has 7 nitrogen and oxygen atoms in total. The first kappa shape index (κ1) is 26.4. The van der Waals surface area contributed by atoms with Crippen molar-refractivity contribution in [1.82, 2.24) is 20.4 Å². The fraction of sp³-hybridized carbons (Fsp3) is 0.619. The molecular weight excluding hydrogens is 500 g/mol. The van der Waals surface area contributed by atoms with Gasteiger partial charge in [-0.1, -0.05) is 6.07 Å². The Morgan fingerprint density at radius 3 is 2.67 bits per heavy atom. The van der Waals surface area contributed by atoms with E-state index < -0.39 is 11.7 Å². The number of rotatable bonds is 5. The van der Waals surface area contributed by atoms with E-state index in [1.165, 1.54) is 6.07 Å². The van der Waals surface area contributed by atoms with E-state index in [-0.39, 0.29) is 35.8 Å². The van der Waals surface area contributed by atoms with Crippen LogP contribution in [0.1, 0.15) is 38.3 Å². The highest BCUT2D eigenvalue weighted by molar-refractivity contribution is 14.0. The SMILES string of the molecule is CN=C(NCc1ccc(F)c(CN(C)C)c1)N1CCC(NC(=O)OC(C)(C)C)C1.I. The third kappa shape index (κ3) is 8.63. The van der Waals surface area contributed by atoms with Crippen molar-refractivity contribution < 1.29 is 13.9 Å². The highest BCUT2D eigenvalue weighted by Gasteiger charge is 2.27. The van der Waals surface area contributed by atoms with Gasteiger partial charge in [-0.15, -0.1) is 24.0 Å². The molecule has 2 N–H and O–H groups in total. The molecule has 170 valence electrons. The number of nitrogens with zero attached hydrogens (tertiary/aromatic N) is 3. The summed E-state index contributed by atoms with van der Waals surface area (Å²) in [6.45, 7) is 8.09. The minimum atomic E-state index is -0.513. The van der Waals surface area contributed by atoms with Gasteiger partial charge in [0, 0.05) is 38.8 Å². The molecule has 1 fully saturated rings. The second-order valence-corrected chi connectivity index (χ2v) is 8.64. The average Bonchev–Trinajstić information content (AvgIpc) is 3.04. The number of carbonyl (C=O) groups excluding carboxylic acids is 1. The molecule has 1 heterocycles. The summed E-state index contributed by atoms with van der Waals surface area (Å²) in [6, 6.07) is 5.19. The smallest absolute Gasteiger partial charge is 0.407 e. The van der Waals surface area contributed by atoms with Crippen molar-refractivity contribution in [3.63, 3.8) is 0 Å². The Balaban J connectivity index is 0.00000450. The Morgan fingerprint density at radius 1 is 1.37 bits per heavy atom. The molecule has 0 saturated carbocycles. The first-order valence-electron chi connectivity index (χ1n) is 9.94. The van der Waals surface area contributed by atoms with E-state index in [0.29, 0.717) is 25.2 Å². The van der Waals surface area contributed by atoms with Crippen LogP contribution < -0.4 is 10.6 Å². The second kappa shape index (κ2) is 11.7. The van der Waals surface area contributed by atoms with E-state index in [1.54, 1.807) is 13.1 Å². The largest absolute Gasteiger partial charge is 0.444 e. The third-order valence-electron chi connectivity index (χ3n) is 4.47. The van der Waals surface area contributed by atoms with E-state index in [2.05, 4.69) is 20.5 Å². The van der Waals surface area contributed by atoms with E-state index in [1.807, 2.05) is 45.8 Å². The molecule has 1 saturated heterocycles. The molecule has 30 heavy (non-hydrogen) atoms. The number of nitrogens with one attached hydrogen (secondary N) is 2. The molecule has 0 radical (unpaired) electrons. The van der Waals surface area contributed by atoms with Gasteiger partial charge in [-0.3, -0.25) is 4.99 Å². The normalized spacial score (nSPS) is 17.0. The predicted molar refractivity (Wildman–Crippen MR) is 129 cm³/mol. The van der Waals surface area contributed by atoms with Gasteiger partial charge in [0.05, 0.1) is 6.04 Å². The standard InChI is InChI=1S/C21H34FN5O2.HI/c1-21(2,3)29-20(28)25-17-9-10-27(14-17)19(23-4)24-12-15-7-8-18(22)16(11-15)13-26(5)6;/h7-8,11,17H,9-10,12-14H2,1-6H3,(H,23,24)(H,25,28);1H. The number of amides is 1. The monoisotopic (exact) mass is 535 g/mol. The van der Waals surface area contributed by atoms with Crippen LogP contribution in [0.5, 0.6) is 0 Å². The lowest BCUT2D eigenvalue weighted by Gasteiger charge is -2.23. The molecule has 1 unspecified atom stereocenters. The fourth-order valence-electron chi connectivity index (χ4n) is 3.26. The van der Waals surface area contributed by atoms with Gasteiger partial charge >= 0.3 is 6.09 Å². The minimum Gasteiger partial charge on any atom is -0.444 e.